The lowest BCUT2D eigenvalue weighted by molar-refractivity contribution is -0.136. The van der Waals surface area contributed by atoms with Crippen molar-refractivity contribution >= 4 is 15.9 Å². The minimum Gasteiger partial charge on any atom is -0.337 e. The van der Waals surface area contributed by atoms with Crippen LogP contribution < -0.4 is 0 Å². The molecule has 3 aromatic rings. The number of aromatic nitrogens is 2. The summed E-state index contributed by atoms with van der Waals surface area (Å²) in [5, 5.41) is 4.04. The van der Waals surface area contributed by atoms with Crippen LogP contribution >= 0.6 is 0 Å². The van der Waals surface area contributed by atoms with Crippen LogP contribution in [0.5, 0.6) is 0 Å². The minimum absolute atomic E-state index is 0.130. The van der Waals surface area contributed by atoms with E-state index < -0.39 is 15.9 Å². The smallest absolute Gasteiger partial charge is 0.246 e. The molecule has 1 amide bonds. The second-order valence-electron chi connectivity index (χ2n) is 8.54. The van der Waals surface area contributed by atoms with Gasteiger partial charge in [-0.05, 0) is 44.4 Å². The molecule has 9 heteroatoms. The Balaban J connectivity index is 1.42. The fourth-order valence-electron chi connectivity index (χ4n) is 4.07. The van der Waals surface area contributed by atoms with Crippen LogP contribution in [0.2, 0.25) is 0 Å². The quantitative estimate of drug-likeness (QED) is 0.550. The SMILES string of the molecule is Cc1ccc(S(=O)(=O)N2CCC[C@H](C(=O)N(C)Cc3nc(-c4ccccc4C)no3)C2)cc1. The third kappa shape index (κ3) is 4.99. The van der Waals surface area contributed by atoms with Gasteiger partial charge in [-0.15, -0.1) is 0 Å². The molecule has 8 nitrogen and oxygen atoms in total. The highest BCUT2D eigenvalue weighted by Gasteiger charge is 2.34. The zero-order valence-electron chi connectivity index (χ0n) is 19.1. The zero-order valence-corrected chi connectivity index (χ0v) is 19.9. The van der Waals surface area contributed by atoms with Crippen LogP contribution in [0.15, 0.2) is 57.9 Å². The van der Waals surface area contributed by atoms with Crippen LogP contribution in [-0.2, 0) is 21.4 Å². The second-order valence-corrected chi connectivity index (χ2v) is 10.5. The van der Waals surface area contributed by atoms with E-state index in [2.05, 4.69) is 10.1 Å². The fourth-order valence-corrected chi connectivity index (χ4v) is 5.59. The van der Waals surface area contributed by atoms with Gasteiger partial charge in [-0.3, -0.25) is 4.79 Å². The summed E-state index contributed by atoms with van der Waals surface area (Å²) in [6, 6.07) is 14.5. The van der Waals surface area contributed by atoms with Crippen molar-refractivity contribution in [2.75, 3.05) is 20.1 Å². The molecule has 0 bridgehead atoms. The van der Waals surface area contributed by atoms with Crippen LogP contribution in [0.25, 0.3) is 11.4 Å². The first-order valence-electron chi connectivity index (χ1n) is 11.0. The summed E-state index contributed by atoms with van der Waals surface area (Å²) in [6.45, 7) is 4.62. The highest BCUT2D eigenvalue weighted by Crippen LogP contribution is 2.26. The number of benzene rings is 2. The number of aryl methyl sites for hydroxylation is 2. The highest BCUT2D eigenvalue weighted by molar-refractivity contribution is 7.89. The zero-order chi connectivity index (χ0) is 23.6. The summed E-state index contributed by atoms with van der Waals surface area (Å²) in [5.74, 6) is 0.276. The maximum Gasteiger partial charge on any atom is 0.246 e. The van der Waals surface area contributed by atoms with Gasteiger partial charge in [0.25, 0.3) is 0 Å². The molecule has 1 aliphatic heterocycles. The molecule has 1 aromatic heterocycles. The Hall–Kier alpha value is -3.04. The van der Waals surface area contributed by atoms with Crippen LogP contribution in [0.1, 0.15) is 29.9 Å². The number of hydrogen-bond acceptors (Lipinski definition) is 6. The lowest BCUT2D eigenvalue weighted by Crippen LogP contribution is -2.45. The molecule has 0 radical (unpaired) electrons. The molecule has 0 saturated carbocycles. The first kappa shape index (κ1) is 23.1. The van der Waals surface area contributed by atoms with Gasteiger partial charge >= 0.3 is 0 Å². The van der Waals surface area contributed by atoms with Crippen molar-refractivity contribution in [1.82, 2.24) is 19.3 Å². The van der Waals surface area contributed by atoms with E-state index >= 15 is 0 Å². The monoisotopic (exact) mass is 468 g/mol. The molecule has 0 unspecified atom stereocenters. The molecular formula is C24H28N4O4S. The summed E-state index contributed by atoms with van der Waals surface area (Å²) in [7, 11) is -1.97. The Bertz CT molecular complexity index is 1240. The Kier molecular flexibility index (Phi) is 6.62. The van der Waals surface area contributed by atoms with Gasteiger partial charge in [-0.25, -0.2) is 8.42 Å². The standard InChI is InChI=1S/C24H28N4O4S/c1-17-10-12-20(13-11-17)33(30,31)28-14-6-8-19(15-28)24(29)27(3)16-22-25-23(26-32-22)21-9-5-4-7-18(21)2/h4-5,7,9-13,19H,6,8,14-16H2,1-3H3/t19-/m0/s1. The Morgan fingerprint density at radius 3 is 2.61 bits per heavy atom. The molecule has 2 aromatic carbocycles. The van der Waals surface area contributed by atoms with Gasteiger partial charge in [0.1, 0.15) is 0 Å². The number of amides is 1. The number of rotatable bonds is 6. The van der Waals surface area contributed by atoms with E-state index in [0.29, 0.717) is 31.1 Å². The molecular weight excluding hydrogens is 440 g/mol. The molecule has 174 valence electrons. The molecule has 2 heterocycles. The maximum atomic E-state index is 13.1. The summed E-state index contributed by atoms with van der Waals surface area (Å²) < 4.78 is 32.9. The molecule has 1 fully saturated rings. The number of carbonyl (C=O) groups excluding carboxylic acids is 1. The number of hydrogen-bond donors (Lipinski definition) is 0. The van der Waals surface area contributed by atoms with Gasteiger partial charge < -0.3 is 9.42 Å². The van der Waals surface area contributed by atoms with E-state index in [4.69, 9.17) is 4.52 Å². The van der Waals surface area contributed by atoms with Crippen molar-refractivity contribution in [2.24, 2.45) is 5.92 Å². The Morgan fingerprint density at radius 2 is 1.88 bits per heavy atom. The van der Waals surface area contributed by atoms with Gasteiger partial charge in [0.2, 0.25) is 27.6 Å². The van der Waals surface area contributed by atoms with Crippen molar-refractivity contribution in [3.63, 3.8) is 0 Å². The van der Waals surface area contributed by atoms with E-state index in [1.807, 2.05) is 38.1 Å². The number of nitrogens with zero attached hydrogens (tertiary/aromatic N) is 4. The average Bonchev–Trinajstić information content (AvgIpc) is 3.27. The molecule has 1 aliphatic rings. The van der Waals surface area contributed by atoms with E-state index in [1.165, 1.54) is 9.21 Å². The van der Waals surface area contributed by atoms with Crippen molar-refractivity contribution in [1.29, 1.82) is 0 Å². The lowest BCUT2D eigenvalue weighted by atomic mass is 9.98. The molecule has 33 heavy (non-hydrogen) atoms. The predicted octanol–water partition coefficient (Wildman–Crippen LogP) is 3.41. The Morgan fingerprint density at radius 1 is 1.15 bits per heavy atom. The van der Waals surface area contributed by atoms with E-state index in [1.54, 1.807) is 31.3 Å². The fraction of sp³-hybridized carbons (Fsp3) is 0.375. The van der Waals surface area contributed by atoms with Crippen LogP contribution in [0.3, 0.4) is 0 Å². The second kappa shape index (κ2) is 9.44. The molecule has 1 atom stereocenters. The van der Waals surface area contributed by atoms with Crippen molar-refractivity contribution in [2.45, 2.75) is 38.1 Å². The van der Waals surface area contributed by atoms with Gasteiger partial charge in [0.15, 0.2) is 0 Å². The lowest BCUT2D eigenvalue weighted by Gasteiger charge is -2.33. The third-order valence-electron chi connectivity index (χ3n) is 5.99. The number of piperidine rings is 1. The number of carbonyl (C=O) groups is 1. The average molecular weight is 469 g/mol. The van der Waals surface area contributed by atoms with Crippen molar-refractivity contribution < 1.29 is 17.7 Å². The maximum absolute atomic E-state index is 13.1. The molecule has 0 aliphatic carbocycles. The highest BCUT2D eigenvalue weighted by atomic mass is 32.2. The summed E-state index contributed by atoms with van der Waals surface area (Å²) >= 11 is 0. The predicted molar refractivity (Wildman–Crippen MR) is 124 cm³/mol. The van der Waals surface area contributed by atoms with Crippen molar-refractivity contribution in [3.8, 4) is 11.4 Å². The van der Waals surface area contributed by atoms with E-state index in [9.17, 15) is 13.2 Å². The normalized spacial score (nSPS) is 17.1. The van der Waals surface area contributed by atoms with Crippen LogP contribution in [-0.4, -0.2) is 53.8 Å². The van der Waals surface area contributed by atoms with Crippen LogP contribution in [0.4, 0.5) is 0 Å². The summed E-state index contributed by atoms with van der Waals surface area (Å²) in [4.78, 5) is 19.3. The molecule has 0 spiro atoms. The first-order chi connectivity index (χ1) is 15.8. The minimum atomic E-state index is -3.64. The first-order valence-corrected chi connectivity index (χ1v) is 12.4. The molecule has 4 rings (SSSR count). The van der Waals surface area contributed by atoms with E-state index in [0.717, 1.165) is 16.7 Å². The molecule has 0 N–H and O–H groups in total. The van der Waals surface area contributed by atoms with Crippen LogP contribution in [0, 0.1) is 19.8 Å². The number of sulfonamides is 1. The largest absolute Gasteiger partial charge is 0.337 e. The van der Waals surface area contributed by atoms with Gasteiger partial charge in [-0.2, -0.15) is 9.29 Å². The van der Waals surface area contributed by atoms with Gasteiger partial charge in [-0.1, -0.05) is 47.1 Å². The molecule has 1 saturated heterocycles. The summed E-state index contributed by atoms with van der Waals surface area (Å²) in [5.41, 5.74) is 2.91. The van der Waals surface area contributed by atoms with Gasteiger partial charge in [0.05, 0.1) is 17.4 Å². The third-order valence-corrected chi connectivity index (χ3v) is 7.87. The summed E-state index contributed by atoms with van der Waals surface area (Å²) in [6.07, 6.45) is 1.27. The van der Waals surface area contributed by atoms with Crippen molar-refractivity contribution in [3.05, 3.63) is 65.5 Å². The van der Waals surface area contributed by atoms with Gasteiger partial charge in [0, 0.05) is 25.7 Å². The topological polar surface area (TPSA) is 96.6 Å². The van der Waals surface area contributed by atoms with E-state index in [-0.39, 0.29) is 23.9 Å². The Labute approximate surface area is 194 Å².